The highest BCUT2D eigenvalue weighted by Gasteiger charge is 2.31. The lowest BCUT2D eigenvalue weighted by Crippen LogP contribution is -2.36. The second-order valence-corrected chi connectivity index (χ2v) is 10.4. The van der Waals surface area contributed by atoms with Crippen molar-refractivity contribution >= 4 is 10.9 Å². The summed E-state index contributed by atoms with van der Waals surface area (Å²) >= 11 is 0. The number of H-pyrrole nitrogens is 1. The van der Waals surface area contributed by atoms with Crippen LogP contribution in [0.2, 0.25) is 0 Å². The fourth-order valence-electron chi connectivity index (χ4n) is 4.79. The molecule has 8 nitrogen and oxygen atoms in total. The Hall–Kier alpha value is -3.39. The third kappa shape index (κ3) is 5.38. The molecule has 4 aromatic rings. The van der Waals surface area contributed by atoms with Gasteiger partial charge in [0.2, 0.25) is 0 Å². The van der Waals surface area contributed by atoms with Gasteiger partial charge in [-0.3, -0.25) is 14.7 Å². The zero-order chi connectivity index (χ0) is 25.9. The third-order valence-electron chi connectivity index (χ3n) is 7.10. The summed E-state index contributed by atoms with van der Waals surface area (Å²) in [5, 5.41) is 14.0. The molecule has 8 heteroatoms. The Morgan fingerprint density at radius 3 is 2.64 bits per heavy atom. The maximum atomic E-state index is 13.2. The lowest BCUT2D eigenvalue weighted by Gasteiger charge is -2.33. The van der Waals surface area contributed by atoms with E-state index in [1.54, 1.807) is 6.20 Å². The maximum Gasteiger partial charge on any atom is 0.252 e. The molecule has 1 atom stereocenters. The number of tetrazole rings is 1. The molecule has 0 radical (unpaired) electrons. The first-order chi connectivity index (χ1) is 17.2. The smallest absolute Gasteiger partial charge is 0.252 e. The Morgan fingerprint density at radius 1 is 1.14 bits per heavy atom. The number of pyridine rings is 2. The van der Waals surface area contributed by atoms with E-state index in [0.717, 1.165) is 58.2 Å². The van der Waals surface area contributed by atoms with Crippen molar-refractivity contribution in [3.8, 4) is 0 Å². The van der Waals surface area contributed by atoms with Crippen LogP contribution in [0.1, 0.15) is 81.1 Å². The molecule has 0 saturated carbocycles. The van der Waals surface area contributed by atoms with Gasteiger partial charge < -0.3 is 4.98 Å². The molecule has 1 N–H and O–H groups in total. The largest absolute Gasteiger partial charge is 0.322 e. The van der Waals surface area contributed by atoms with E-state index in [2.05, 4.69) is 77.1 Å². The first-order valence-electron chi connectivity index (χ1n) is 12.8. The molecule has 3 aromatic heterocycles. The van der Waals surface area contributed by atoms with Gasteiger partial charge in [-0.05, 0) is 85.9 Å². The van der Waals surface area contributed by atoms with Gasteiger partial charge in [-0.1, -0.05) is 32.4 Å². The van der Waals surface area contributed by atoms with Crippen LogP contribution in [0.3, 0.4) is 0 Å². The summed E-state index contributed by atoms with van der Waals surface area (Å²) in [5.74, 6) is 0.830. The molecule has 0 aliphatic heterocycles. The van der Waals surface area contributed by atoms with Gasteiger partial charge in [0, 0.05) is 41.9 Å². The molecule has 0 saturated heterocycles. The summed E-state index contributed by atoms with van der Waals surface area (Å²) < 4.78 is 1.96. The summed E-state index contributed by atoms with van der Waals surface area (Å²) in [6.45, 7) is 13.9. The van der Waals surface area contributed by atoms with Crippen LogP contribution in [0.15, 0.2) is 47.5 Å². The second-order valence-electron chi connectivity index (χ2n) is 10.4. The van der Waals surface area contributed by atoms with Gasteiger partial charge in [0.25, 0.3) is 5.56 Å². The predicted octanol–water partition coefficient (Wildman–Crippen LogP) is 5.22. The first kappa shape index (κ1) is 25.7. The lowest BCUT2D eigenvalue weighted by molar-refractivity contribution is 0.145. The standard InChI is InChI=1S/C28H37N7O/c1-7-10-25(26-31-32-33-35(26)28(5,6)8-2)34(17-21-11-9-12-29-16-21)18-22-15-23-20(4)13-19(3)14-24(23)30-27(22)36/h9,11-16,25H,7-8,10,17-18H2,1-6H3,(H,30,36)/t25-/m1/s1. The van der Waals surface area contributed by atoms with Crippen LogP contribution in [0.4, 0.5) is 0 Å². The number of nitrogens with zero attached hydrogens (tertiary/aromatic N) is 6. The van der Waals surface area contributed by atoms with Gasteiger partial charge in [-0.15, -0.1) is 5.10 Å². The number of benzene rings is 1. The van der Waals surface area contributed by atoms with Gasteiger partial charge >= 0.3 is 0 Å². The van der Waals surface area contributed by atoms with Gasteiger partial charge in [-0.25, -0.2) is 4.68 Å². The zero-order valence-corrected chi connectivity index (χ0v) is 22.2. The highest BCUT2D eigenvalue weighted by molar-refractivity contribution is 5.83. The van der Waals surface area contributed by atoms with Gasteiger partial charge in [0.05, 0.1) is 11.6 Å². The minimum atomic E-state index is -0.222. The van der Waals surface area contributed by atoms with Crippen molar-refractivity contribution < 1.29 is 0 Å². The van der Waals surface area contributed by atoms with E-state index in [1.165, 1.54) is 0 Å². The van der Waals surface area contributed by atoms with Crippen LogP contribution < -0.4 is 5.56 Å². The van der Waals surface area contributed by atoms with E-state index in [4.69, 9.17) is 0 Å². The summed E-state index contributed by atoms with van der Waals surface area (Å²) in [5.41, 5.74) is 4.69. The van der Waals surface area contributed by atoms with Crippen LogP contribution in [0.5, 0.6) is 0 Å². The van der Waals surface area contributed by atoms with Crippen molar-refractivity contribution in [1.29, 1.82) is 0 Å². The Balaban J connectivity index is 1.81. The predicted molar refractivity (Wildman–Crippen MR) is 143 cm³/mol. The van der Waals surface area contributed by atoms with E-state index in [-0.39, 0.29) is 17.1 Å². The molecule has 3 heterocycles. The van der Waals surface area contributed by atoms with Crippen LogP contribution >= 0.6 is 0 Å². The molecule has 4 rings (SSSR count). The maximum absolute atomic E-state index is 13.2. The van der Waals surface area contributed by atoms with E-state index < -0.39 is 0 Å². The van der Waals surface area contributed by atoms with Crippen molar-refractivity contribution in [2.45, 2.75) is 85.5 Å². The van der Waals surface area contributed by atoms with Crippen molar-refractivity contribution in [3.63, 3.8) is 0 Å². The number of nitrogens with one attached hydrogen (secondary N) is 1. The van der Waals surface area contributed by atoms with E-state index in [0.29, 0.717) is 13.1 Å². The van der Waals surface area contributed by atoms with Crippen LogP contribution in [0.25, 0.3) is 10.9 Å². The Bertz CT molecular complexity index is 1370. The number of aromatic nitrogens is 6. The minimum absolute atomic E-state index is 0.0626. The summed E-state index contributed by atoms with van der Waals surface area (Å²) in [6.07, 6.45) is 6.38. The van der Waals surface area contributed by atoms with Crippen LogP contribution in [0, 0.1) is 13.8 Å². The molecule has 0 spiro atoms. The topological polar surface area (TPSA) is 92.6 Å². The average Bonchev–Trinajstić information content (AvgIpc) is 3.34. The molecule has 0 bridgehead atoms. The molecule has 0 amide bonds. The van der Waals surface area contributed by atoms with Crippen molar-refractivity contribution in [2.75, 3.05) is 0 Å². The molecule has 0 aliphatic carbocycles. The number of hydrogen-bond donors (Lipinski definition) is 1. The number of aryl methyl sites for hydroxylation is 2. The molecule has 190 valence electrons. The van der Waals surface area contributed by atoms with Crippen LogP contribution in [-0.4, -0.2) is 35.1 Å². The molecular weight excluding hydrogens is 450 g/mol. The molecule has 1 aromatic carbocycles. The summed E-state index contributed by atoms with van der Waals surface area (Å²) in [4.78, 5) is 23.0. The monoisotopic (exact) mass is 487 g/mol. The lowest BCUT2D eigenvalue weighted by atomic mass is 10.00. The molecular formula is C28H37N7O. The normalized spacial score (nSPS) is 13.0. The van der Waals surface area contributed by atoms with Crippen molar-refractivity contribution in [1.82, 2.24) is 35.1 Å². The molecule has 0 unspecified atom stereocenters. The minimum Gasteiger partial charge on any atom is -0.322 e. The number of hydrogen-bond acceptors (Lipinski definition) is 6. The number of fused-ring (bicyclic) bond motifs is 1. The highest BCUT2D eigenvalue weighted by Crippen LogP contribution is 2.31. The second kappa shape index (κ2) is 10.7. The van der Waals surface area contributed by atoms with Crippen molar-refractivity contribution in [2.24, 2.45) is 0 Å². The van der Waals surface area contributed by atoms with E-state index in [9.17, 15) is 4.79 Å². The number of aromatic amines is 1. The van der Waals surface area contributed by atoms with Gasteiger partial charge in [0.1, 0.15) is 0 Å². The fourth-order valence-corrected chi connectivity index (χ4v) is 4.79. The molecule has 0 aliphatic rings. The Kier molecular flexibility index (Phi) is 7.64. The zero-order valence-electron chi connectivity index (χ0n) is 22.2. The third-order valence-corrected chi connectivity index (χ3v) is 7.10. The quantitative estimate of drug-likeness (QED) is 0.330. The number of rotatable bonds is 10. The van der Waals surface area contributed by atoms with E-state index in [1.807, 2.05) is 36.0 Å². The first-order valence-corrected chi connectivity index (χ1v) is 12.8. The van der Waals surface area contributed by atoms with Gasteiger partial charge in [0.15, 0.2) is 5.82 Å². The van der Waals surface area contributed by atoms with Crippen molar-refractivity contribution in [3.05, 3.63) is 81.2 Å². The highest BCUT2D eigenvalue weighted by atomic mass is 16.1. The van der Waals surface area contributed by atoms with Gasteiger partial charge in [-0.2, -0.15) is 0 Å². The van der Waals surface area contributed by atoms with Crippen LogP contribution in [-0.2, 0) is 18.6 Å². The molecule has 36 heavy (non-hydrogen) atoms. The average molecular weight is 488 g/mol. The fraction of sp³-hybridized carbons (Fsp3) is 0.464. The SMILES string of the molecule is CCC[C@H](c1nnnn1C(C)(C)CC)N(Cc1cccnc1)Cc1cc2c(C)cc(C)cc2[nH]c1=O. The molecule has 0 fully saturated rings. The summed E-state index contributed by atoms with van der Waals surface area (Å²) in [7, 11) is 0. The Morgan fingerprint density at radius 2 is 1.94 bits per heavy atom. The Labute approximate surface area is 212 Å². The summed E-state index contributed by atoms with van der Waals surface area (Å²) in [6, 6.07) is 10.2. The van der Waals surface area contributed by atoms with E-state index >= 15 is 0 Å².